The number of rotatable bonds is 48. The number of carboxylic acid groups (broad SMARTS) is 1. The average molecular weight is 884 g/mol. The van der Waals surface area contributed by atoms with E-state index < -0.39 is 45.1 Å². The van der Waals surface area contributed by atoms with Crippen LogP contribution in [0.5, 0.6) is 0 Å². The van der Waals surface area contributed by atoms with Crippen LogP contribution in [0.15, 0.2) is 36.5 Å². The summed E-state index contributed by atoms with van der Waals surface area (Å²) < 4.78 is 33.5. The van der Waals surface area contributed by atoms with Crippen molar-refractivity contribution in [3.05, 3.63) is 36.5 Å². The second kappa shape index (κ2) is 46.2. The lowest BCUT2D eigenvalue weighted by molar-refractivity contribution is -0.154. The van der Waals surface area contributed by atoms with Gasteiger partial charge in [0.2, 0.25) is 0 Å². The Balaban J connectivity index is 4.14. The number of hydrogen-bond acceptors (Lipinski definition) is 8. The Bertz CT molecular complexity index is 1110. The Morgan fingerprint density at radius 1 is 0.525 bits per heavy atom. The fourth-order valence-electron chi connectivity index (χ4n) is 6.98. The molecule has 0 aromatic heterocycles. The second-order valence-electron chi connectivity index (χ2n) is 16.9. The Hall–Kier alpha value is -1.81. The van der Waals surface area contributed by atoms with Gasteiger partial charge in [-0.2, -0.15) is 0 Å². The fraction of sp³-hybridized carbons (Fsp3) is 0.840. The van der Waals surface area contributed by atoms with Crippen molar-refractivity contribution in [2.45, 2.75) is 244 Å². The number of phosphoric acid groups is 1. The van der Waals surface area contributed by atoms with E-state index >= 15 is 0 Å². The maximum atomic E-state index is 12.7. The molecule has 0 aromatic rings. The molecule has 0 amide bonds. The quantitative estimate of drug-likeness (QED) is 0.0233. The number of ether oxygens (including phenoxy) is 2. The van der Waals surface area contributed by atoms with Crippen LogP contribution in [0.25, 0.3) is 0 Å². The van der Waals surface area contributed by atoms with E-state index in [0.717, 1.165) is 51.4 Å². The van der Waals surface area contributed by atoms with Crippen LogP contribution in [0.2, 0.25) is 0 Å². The Morgan fingerprint density at radius 2 is 0.902 bits per heavy atom. The average Bonchev–Trinajstić information content (AvgIpc) is 3.24. The van der Waals surface area contributed by atoms with Gasteiger partial charge in [-0.15, -0.1) is 0 Å². The van der Waals surface area contributed by atoms with Gasteiger partial charge in [-0.1, -0.05) is 192 Å². The molecule has 358 valence electrons. The molecule has 0 aliphatic rings. The molecule has 3 atom stereocenters. The van der Waals surface area contributed by atoms with Crippen molar-refractivity contribution < 1.29 is 42.7 Å². The maximum absolute atomic E-state index is 12.7. The van der Waals surface area contributed by atoms with Crippen LogP contribution in [-0.4, -0.2) is 60.5 Å². The lowest BCUT2D eigenvalue weighted by atomic mass is 10.1. The molecule has 0 heterocycles. The van der Waals surface area contributed by atoms with E-state index in [1.54, 1.807) is 0 Å². The highest BCUT2D eigenvalue weighted by Gasteiger charge is 2.27. The summed E-state index contributed by atoms with van der Waals surface area (Å²) in [6.45, 7) is 3.87. The standard InChI is InChI=1S/C50H94NO9P/c1-3-5-7-9-11-13-15-17-19-21-22-23-24-25-27-29-31-33-35-37-39-41-43-57-44-47(45-58-61(55,56)59-46-48(51)50(53)54)60-49(52)42-40-38-36-34-32-30-28-26-20-18-16-14-12-10-8-6-4-2/h12,14,18,20-22,47-48H,3-11,13,15-17,19,23-46,51H2,1-2H3,(H,53,54)(H,55,56)/b14-12-,20-18-,22-21-. The summed E-state index contributed by atoms with van der Waals surface area (Å²) in [7, 11) is -4.62. The van der Waals surface area contributed by atoms with Gasteiger partial charge in [-0.3, -0.25) is 18.6 Å². The van der Waals surface area contributed by atoms with Crippen LogP contribution in [0.4, 0.5) is 0 Å². The molecular formula is C50H94NO9P. The number of carbonyl (C=O) groups excluding carboxylic acids is 1. The van der Waals surface area contributed by atoms with Gasteiger partial charge in [0.05, 0.1) is 19.8 Å². The van der Waals surface area contributed by atoms with Crippen LogP contribution in [0, 0.1) is 0 Å². The zero-order chi connectivity index (χ0) is 44.8. The molecule has 11 heteroatoms. The third-order valence-electron chi connectivity index (χ3n) is 10.9. The fourth-order valence-corrected chi connectivity index (χ4v) is 7.76. The van der Waals surface area contributed by atoms with Crippen molar-refractivity contribution in [3.8, 4) is 0 Å². The number of carbonyl (C=O) groups is 2. The van der Waals surface area contributed by atoms with E-state index in [2.05, 4.69) is 50.3 Å². The number of carboxylic acids is 1. The molecule has 0 spiro atoms. The molecular weight excluding hydrogens is 790 g/mol. The van der Waals surface area contributed by atoms with Crippen LogP contribution >= 0.6 is 7.82 Å². The first kappa shape index (κ1) is 59.2. The minimum atomic E-state index is -4.62. The molecule has 0 saturated heterocycles. The summed E-state index contributed by atoms with van der Waals surface area (Å²) in [6.07, 6.45) is 53.4. The molecule has 0 saturated carbocycles. The third-order valence-corrected chi connectivity index (χ3v) is 11.8. The number of nitrogens with two attached hydrogens (primary N) is 1. The van der Waals surface area contributed by atoms with Gasteiger partial charge in [-0.05, 0) is 70.6 Å². The SMILES string of the molecule is CCCCC/C=C\C/C=C\CCCCCCCCCC(=O)OC(COCCCCCCCCCCCC/C=C\CCCCCCCCCC)COP(=O)(O)OCC(N)C(=O)O. The molecule has 0 aromatic carbocycles. The Kier molecular flexibility index (Phi) is 44.8. The molecule has 10 nitrogen and oxygen atoms in total. The highest BCUT2D eigenvalue weighted by molar-refractivity contribution is 7.47. The van der Waals surface area contributed by atoms with Crippen molar-refractivity contribution in [1.29, 1.82) is 0 Å². The van der Waals surface area contributed by atoms with Crippen LogP contribution in [-0.2, 0) is 32.7 Å². The molecule has 0 rings (SSSR count). The van der Waals surface area contributed by atoms with Gasteiger partial charge in [0.15, 0.2) is 0 Å². The highest BCUT2D eigenvalue weighted by atomic mass is 31.2. The van der Waals surface area contributed by atoms with E-state index in [1.807, 2.05) is 0 Å². The first-order chi connectivity index (χ1) is 29.7. The van der Waals surface area contributed by atoms with Crippen molar-refractivity contribution >= 4 is 19.8 Å². The van der Waals surface area contributed by atoms with Gasteiger partial charge in [-0.25, -0.2) is 4.57 Å². The summed E-state index contributed by atoms with van der Waals surface area (Å²) >= 11 is 0. The monoisotopic (exact) mass is 884 g/mol. The smallest absolute Gasteiger partial charge is 0.472 e. The molecule has 0 bridgehead atoms. The number of esters is 1. The van der Waals surface area contributed by atoms with Crippen molar-refractivity contribution in [2.24, 2.45) is 5.73 Å². The van der Waals surface area contributed by atoms with E-state index in [9.17, 15) is 19.0 Å². The van der Waals surface area contributed by atoms with Crippen LogP contribution in [0.1, 0.15) is 232 Å². The predicted molar refractivity (Wildman–Crippen MR) is 254 cm³/mol. The van der Waals surface area contributed by atoms with Gasteiger partial charge >= 0.3 is 19.8 Å². The number of unbranched alkanes of at least 4 members (excludes halogenated alkanes) is 28. The van der Waals surface area contributed by atoms with Crippen molar-refractivity contribution in [1.82, 2.24) is 0 Å². The first-order valence-corrected chi connectivity index (χ1v) is 26.5. The summed E-state index contributed by atoms with van der Waals surface area (Å²) in [5.74, 6) is -1.78. The van der Waals surface area contributed by atoms with Crippen LogP contribution in [0.3, 0.4) is 0 Å². The van der Waals surface area contributed by atoms with Crippen molar-refractivity contribution in [2.75, 3.05) is 26.4 Å². The second-order valence-corrected chi connectivity index (χ2v) is 18.4. The van der Waals surface area contributed by atoms with Gasteiger partial charge in [0.25, 0.3) is 0 Å². The molecule has 3 unspecified atom stereocenters. The Labute approximate surface area is 374 Å². The molecule has 61 heavy (non-hydrogen) atoms. The number of aliphatic carboxylic acids is 1. The number of phosphoric ester groups is 1. The van der Waals surface area contributed by atoms with E-state index in [4.69, 9.17) is 29.4 Å². The van der Waals surface area contributed by atoms with Crippen molar-refractivity contribution in [3.63, 3.8) is 0 Å². The lowest BCUT2D eigenvalue weighted by Gasteiger charge is -2.20. The Morgan fingerprint density at radius 3 is 1.38 bits per heavy atom. The van der Waals surface area contributed by atoms with Gasteiger partial charge in [0, 0.05) is 13.0 Å². The number of allylic oxidation sites excluding steroid dienone is 6. The van der Waals surface area contributed by atoms with E-state index in [1.165, 1.54) is 154 Å². The van der Waals surface area contributed by atoms with E-state index in [0.29, 0.717) is 13.0 Å². The molecule has 0 fully saturated rings. The van der Waals surface area contributed by atoms with Gasteiger partial charge < -0.3 is 25.2 Å². The zero-order valence-corrected chi connectivity index (χ0v) is 40.2. The molecule has 0 aliphatic heterocycles. The van der Waals surface area contributed by atoms with E-state index in [-0.39, 0.29) is 13.0 Å². The zero-order valence-electron chi connectivity index (χ0n) is 39.3. The summed E-state index contributed by atoms with van der Waals surface area (Å²) in [6, 6.07) is -1.47. The lowest BCUT2D eigenvalue weighted by Crippen LogP contribution is -2.34. The minimum absolute atomic E-state index is 0.0142. The predicted octanol–water partition coefficient (Wildman–Crippen LogP) is 14.4. The third kappa shape index (κ3) is 46.0. The first-order valence-electron chi connectivity index (χ1n) is 25.0. The van der Waals surface area contributed by atoms with Crippen LogP contribution < -0.4 is 5.73 Å². The molecule has 0 radical (unpaired) electrons. The number of hydrogen-bond donors (Lipinski definition) is 3. The molecule has 4 N–H and O–H groups in total. The minimum Gasteiger partial charge on any atom is -0.480 e. The maximum Gasteiger partial charge on any atom is 0.472 e. The summed E-state index contributed by atoms with van der Waals surface area (Å²) in [5.41, 5.74) is 5.37. The molecule has 0 aliphatic carbocycles. The van der Waals surface area contributed by atoms with Gasteiger partial charge in [0.1, 0.15) is 12.1 Å². The summed E-state index contributed by atoms with van der Waals surface area (Å²) in [4.78, 5) is 33.6. The normalized spacial score (nSPS) is 14.0. The summed E-state index contributed by atoms with van der Waals surface area (Å²) in [5, 5.41) is 8.92. The highest BCUT2D eigenvalue weighted by Crippen LogP contribution is 2.43. The largest absolute Gasteiger partial charge is 0.480 e. The topological polar surface area (TPSA) is 155 Å².